The average molecular weight is 253 g/mol. The minimum atomic E-state index is -1.13. The minimum absolute atomic E-state index is 0.125. The molecule has 1 nitrogen and oxygen atoms in total. The van der Waals surface area contributed by atoms with Crippen molar-refractivity contribution in [3.8, 4) is 0 Å². The van der Waals surface area contributed by atoms with Gasteiger partial charge < -0.3 is 5.32 Å². The van der Waals surface area contributed by atoms with Crippen molar-refractivity contribution in [3.05, 3.63) is 35.6 Å². The summed E-state index contributed by atoms with van der Waals surface area (Å²) in [5.74, 6) is 0.317. The summed E-state index contributed by atoms with van der Waals surface area (Å²) in [5, 5.41) is 3.39. The van der Waals surface area contributed by atoms with Gasteiger partial charge in [-0.25, -0.2) is 4.39 Å². The van der Waals surface area contributed by atoms with E-state index in [1.165, 1.54) is 12.1 Å². The van der Waals surface area contributed by atoms with E-state index in [0.717, 1.165) is 18.7 Å². The Morgan fingerprint density at radius 1 is 1.29 bits per heavy atom. The van der Waals surface area contributed by atoms with Crippen LogP contribution in [0.3, 0.4) is 0 Å². The number of halogens is 1. The van der Waals surface area contributed by atoms with Crippen LogP contribution < -0.4 is 5.32 Å². The normalized spacial score (nSPS) is 13.7. The third kappa shape index (κ3) is 5.46. The lowest BCUT2D eigenvalue weighted by molar-refractivity contribution is 0.605. The summed E-state index contributed by atoms with van der Waals surface area (Å²) in [6.07, 6.45) is 0. The van der Waals surface area contributed by atoms with Crippen molar-refractivity contribution in [1.29, 1.82) is 0 Å². The molecular formula is C14H24FNSi. The van der Waals surface area contributed by atoms with E-state index in [2.05, 4.69) is 31.9 Å². The van der Waals surface area contributed by atoms with Crippen molar-refractivity contribution in [2.75, 3.05) is 13.1 Å². The second-order valence-electron chi connectivity index (χ2n) is 5.82. The number of hydrogen-bond donors (Lipinski definition) is 1. The Balaban J connectivity index is 2.81. The molecule has 0 aromatic heterocycles. The van der Waals surface area contributed by atoms with E-state index in [1.54, 1.807) is 6.07 Å². The van der Waals surface area contributed by atoms with E-state index in [0.29, 0.717) is 5.92 Å². The molecule has 3 heteroatoms. The van der Waals surface area contributed by atoms with Gasteiger partial charge in [-0.2, -0.15) is 0 Å². The van der Waals surface area contributed by atoms with Gasteiger partial charge in [-0.3, -0.25) is 0 Å². The molecule has 0 spiro atoms. The molecule has 1 N–H and O–H groups in total. The second kappa shape index (κ2) is 6.31. The highest BCUT2D eigenvalue weighted by molar-refractivity contribution is 6.76. The monoisotopic (exact) mass is 253 g/mol. The Kier molecular flexibility index (Phi) is 5.34. The van der Waals surface area contributed by atoms with Gasteiger partial charge in [0.2, 0.25) is 0 Å². The first-order valence-corrected chi connectivity index (χ1v) is 10.1. The molecule has 1 aromatic rings. The van der Waals surface area contributed by atoms with Gasteiger partial charge >= 0.3 is 0 Å². The van der Waals surface area contributed by atoms with E-state index in [1.807, 2.05) is 12.1 Å². The van der Waals surface area contributed by atoms with Crippen LogP contribution in [0.15, 0.2) is 24.3 Å². The predicted octanol–water partition coefficient (Wildman–Crippen LogP) is 3.86. The van der Waals surface area contributed by atoms with Crippen molar-refractivity contribution in [1.82, 2.24) is 5.32 Å². The highest BCUT2D eigenvalue weighted by Crippen LogP contribution is 2.26. The van der Waals surface area contributed by atoms with E-state index < -0.39 is 8.07 Å². The largest absolute Gasteiger partial charge is 0.316 e. The van der Waals surface area contributed by atoms with Crippen molar-refractivity contribution in [3.63, 3.8) is 0 Å². The summed E-state index contributed by atoms with van der Waals surface area (Å²) < 4.78 is 13.3. The lowest BCUT2D eigenvalue weighted by atomic mass is 10.0. The molecule has 1 unspecified atom stereocenters. The zero-order valence-electron chi connectivity index (χ0n) is 11.4. The van der Waals surface area contributed by atoms with Gasteiger partial charge in [0, 0.05) is 14.6 Å². The quantitative estimate of drug-likeness (QED) is 0.759. The first-order valence-electron chi connectivity index (χ1n) is 6.38. The molecule has 1 rings (SSSR count). The number of benzene rings is 1. The number of likely N-dealkylation sites (N-methyl/N-ethyl adjacent to an activating group) is 1. The van der Waals surface area contributed by atoms with Crippen molar-refractivity contribution >= 4 is 8.07 Å². The summed E-state index contributed by atoms with van der Waals surface area (Å²) in [6.45, 7) is 11.1. The van der Waals surface area contributed by atoms with Crippen LogP contribution in [0, 0.1) is 5.82 Å². The molecule has 0 saturated carbocycles. The van der Waals surface area contributed by atoms with Crippen molar-refractivity contribution in [2.45, 2.75) is 38.5 Å². The standard InChI is InChI=1S/C14H24FNSi/c1-5-16-10-13(11-17(2,3)4)12-7-6-8-14(15)9-12/h6-9,13,16H,5,10-11H2,1-4H3. The maximum atomic E-state index is 13.3. The fourth-order valence-electron chi connectivity index (χ4n) is 2.13. The molecule has 0 aliphatic heterocycles. The maximum absolute atomic E-state index is 13.3. The Labute approximate surface area is 105 Å². The van der Waals surface area contributed by atoms with E-state index >= 15 is 0 Å². The van der Waals surface area contributed by atoms with E-state index in [4.69, 9.17) is 0 Å². The number of rotatable bonds is 6. The van der Waals surface area contributed by atoms with Gasteiger partial charge in [0.25, 0.3) is 0 Å². The molecule has 0 aliphatic carbocycles. The zero-order valence-corrected chi connectivity index (χ0v) is 12.4. The SMILES string of the molecule is CCNCC(C[Si](C)(C)C)c1cccc(F)c1. The first-order chi connectivity index (χ1) is 7.92. The lowest BCUT2D eigenvalue weighted by Gasteiger charge is -2.25. The third-order valence-electron chi connectivity index (χ3n) is 2.82. The topological polar surface area (TPSA) is 12.0 Å². The van der Waals surface area contributed by atoms with Crippen LogP contribution in [-0.2, 0) is 0 Å². The molecule has 0 aliphatic rings. The Morgan fingerprint density at radius 2 is 2.00 bits per heavy atom. The average Bonchev–Trinajstić information content (AvgIpc) is 2.22. The van der Waals surface area contributed by atoms with Gasteiger partial charge in [-0.15, -0.1) is 0 Å². The number of hydrogen-bond acceptors (Lipinski definition) is 1. The van der Waals surface area contributed by atoms with E-state index in [9.17, 15) is 4.39 Å². The fourth-order valence-corrected chi connectivity index (χ4v) is 3.98. The molecule has 0 radical (unpaired) electrons. The maximum Gasteiger partial charge on any atom is 0.123 e. The molecule has 96 valence electrons. The molecule has 0 saturated heterocycles. The summed E-state index contributed by atoms with van der Waals surface area (Å²) in [6, 6.07) is 8.26. The van der Waals surface area contributed by atoms with Crippen LogP contribution in [-0.4, -0.2) is 21.2 Å². The number of nitrogens with one attached hydrogen (secondary N) is 1. The van der Waals surface area contributed by atoms with Crippen molar-refractivity contribution in [2.24, 2.45) is 0 Å². The minimum Gasteiger partial charge on any atom is -0.316 e. The van der Waals surface area contributed by atoms with Gasteiger partial charge in [0.15, 0.2) is 0 Å². The van der Waals surface area contributed by atoms with E-state index in [-0.39, 0.29) is 5.82 Å². The molecular weight excluding hydrogens is 229 g/mol. The fraction of sp³-hybridized carbons (Fsp3) is 0.571. The van der Waals surface area contributed by atoms with Crippen LogP contribution in [0.2, 0.25) is 25.7 Å². The van der Waals surface area contributed by atoms with Crippen LogP contribution in [0.25, 0.3) is 0 Å². The van der Waals surface area contributed by atoms with Crippen LogP contribution >= 0.6 is 0 Å². The van der Waals surface area contributed by atoms with Crippen LogP contribution in [0.5, 0.6) is 0 Å². The Bertz CT molecular complexity index is 346. The molecule has 0 bridgehead atoms. The smallest absolute Gasteiger partial charge is 0.123 e. The Morgan fingerprint density at radius 3 is 2.53 bits per heavy atom. The Hall–Kier alpha value is -0.673. The molecule has 0 heterocycles. The van der Waals surface area contributed by atoms with Gasteiger partial charge in [0.1, 0.15) is 5.82 Å². The van der Waals surface area contributed by atoms with Gasteiger partial charge in [-0.1, -0.05) is 38.7 Å². The molecule has 1 aromatic carbocycles. The molecule has 0 amide bonds. The second-order valence-corrected chi connectivity index (χ2v) is 11.4. The molecule has 17 heavy (non-hydrogen) atoms. The zero-order chi connectivity index (χ0) is 12.9. The summed E-state index contributed by atoms with van der Waals surface area (Å²) in [5.41, 5.74) is 1.13. The third-order valence-corrected chi connectivity index (χ3v) is 4.54. The predicted molar refractivity (Wildman–Crippen MR) is 75.8 cm³/mol. The first kappa shape index (κ1) is 14.4. The van der Waals surface area contributed by atoms with Crippen LogP contribution in [0.1, 0.15) is 18.4 Å². The van der Waals surface area contributed by atoms with Gasteiger partial charge in [-0.05, 0) is 36.2 Å². The summed E-state index contributed by atoms with van der Waals surface area (Å²) >= 11 is 0. The summed E-state index contributed by atoms with van der Waals surface area (Å²) in [7, 11) is -1.13. The van der Waals surface area contributed by atoms with Gasteiger partial charge in [0.05, 0.1) is 0 Å². The van der Waals surface area contributed by atoms with Crippen LogP contribution in [0.4, 0.5) is 4.39 Å². The molecule has 1 atom stereocenters. The molecule has 0 fully saturated rings. The lowest BCUT2D eigenvalue weighted by Crippen LogP contribution is -2.29. The van der Waals surface area contributed by atoms with Crippen molar-refractivity contribution < 1.29 is 4.39 Å². The summed E-state index contributed by atoms with van der Waals surface area (Å²) in [4.78, 5) is 0. The highest BCUT2D eigenvalue weighted by atomic mass is 28.3. The highest BCUT2D eigenvalue weighted by Gasteiger charge is 2.21.